The molecule has 1 aliphatic heterocycles. The van der Waals surface area contributed by atoms with E-state index in [0.717, 1.165) is 18.7 Å². The standard InChI is InChI=1S/C19H26N4O2/c1-15(2)12-23-13-17(11-20-23)21-19(24)22-8-9-25-18(14-22)10-16-6-4-3-5-7-16/h3-7,11,13,15,18H,8-10,12,14H2,1-2H3,(H,21,24). The highest BCUT2D eigenvalue weighted by Gasteiger charge is 2.24. The molecule has 1 aromatic carbocycles. The van der Waals surface area contributed by atoms with Crippen LogP contribution in [-0.4, -0.2) is 46.5 Å². The van der Waals surface area contributed by atoms with Gasteiger partial charge in [-0.3, -0.25) is 4.68 Å². The van der Waals surface area contributed by atoms with Gasteiger partial charge in [-0.15, -0.1) is 0 Å². The van der Waals surface area contributed by atoms with Crippen molar-refractivity contribution in [3.63, 3.8) is 0 Å². The topological polar surface area (TPSA) is 59.4 Å². The van der Waals surface area contributed by atoms with Crippen LogP contribution in [0.2, 0.25) is 0 Å². The first-order chi connectivity index (χ1) is 12.1. The number of nitrogens with one attached hydrogen (secondary N) is 1. The van der Waals surface area contributed by atoms with Gasteiger partial charge in [0.25, 0.3) is 0 Å². The van der Waals surface area contributed by atoms with Crippen LogP contribution in [0.1, 0.15) is 19.4 Å². The fourth-order valence-corrected chi connectivity index (χ4v) is 3.01. The Morgan fingerprint density at radius 2 is 2.16 bits per heavy atom. The van der Waals surface area contributed by atoms with Crippen molar-refractivity contribution >= 4 is 11.7 Å². The molecule has 2 aromatic rings. The molecule has 2 heterocycles. The number of carbonyl (C=O) groups excluding carboxylic acids is 1. The van der Waals surface area contributed by atoms with Crippen LogP contribution in [0.5, 0.6) is 0 Å². The second-order valence-electron chi connectivity index (χ2n) is 6.90. The maximum absolute atomic E-state index is 12.5. The lowest BCUT2D eigenvalue weighted by Crippen LogP contribution is -2.48. The van der Waals surface area contributed by atoms with Gasteiger partial charge in [0.05, 0.1) is 24.6 Å². The minimum absolute atomic E-state index is 0.0329. The van der Waals surface area contributed by atoms with Gasteiger partial charge < -0.3 is 15.0 Å². The van der Waals surface area contributed by atoms with Crippen LogP contribution in [-0.2, 0) is 17.7 Å². The zero-order valence-electron chi connectivity index (χ0n) is 14.9. The van der Waals surface area contributed by atoms with Gasteiger partial charge in [0, 0.05) is 32.3 Å². The molecule has 1 aromatic heterocycles. The Kier molecular flexibility index (Phi) is 5.71. The third-order valence-corrected chi connectivity index (χ3v) is 4.17. The van der Waals surface area contributed by atoms with E-state index in [0.29, 0.717) is 25.6 Å². The molecule has 1 fully saturated rings. The van der Waals surface area contributed by atoms with Gasteiger partial charge in [0.2, 0.25) is 0 Å². The van der Waals surface area contributed by atoms with Crippen LogP contribution < -0.4 is 5.32 Å². The highest BCUT2D eigenvalue weighted by molar-refractivity contribution is 5.89. The molecule has 2 amide bonds. The number of nitrogens with zero attached hydrogens (tertiary/aromatic N) is 3. The highest BCUT2D eigenvalue weighted by Crippen LogP contribution is 2.14. The molecule has 1 aliphatic rings. The van der Waals surface area contributed by atoms with E-state index in [4.69, 9.17) is 4.74 Å². The summed E-state index contributed by atoms with van der Waals surface area (Å²) in [5.41, 5.74) is 1.96. The van der Waals surface area contributed by atoms with Crippen LogP contribution in [0.25, 0.3) is 0 Å². The van der Waals surface area contributed by atoms with Crippen molar-refractivity contribution in [2.45, 2.75) is 32.9 Å². The lowest BCUT2D eigenvalue weighted by atomic mass is 10.1. The number of aromatic nitrogens is 2. The first-order valence-corrected chi connectivity index (χ1v) is 8.84. The van der Waals surface area contributed by atoms with Gasteiger partial charge in [-0.05, 0) is 11.5 Å². The summed E-state index contributed by atoms with van der Waals surface area (Å²) in [6.07, 6.45) is 4.42. The summed E-state index contributed by atoms with van der Waals surface area (Å²) in [4.78, 5) is 14.3. The fourth-order valence-electron chi connectivity index (χ4n) is 3.01. The Balaban J connectivity index is 1.54. The van der Waals surface area contributed by atoms with Gasteiger partial charge in [-0.1, -0.05) is 44.2 Å². The third kappa shape index (κ3) is 5.06. The number of benzene rings is 1. The van der Waals surface area contributed by atoms with Crippen molar-refractivity contribution in [3.05, 3.63) is 48.3 Å². The number of rotatable bonds is 5. The van der Waals surface area contributed by atoms with Gasteiger partial charge >= 0.3 is 6.03 Å². The number of morpholine rings is 1. The van der Waals surface area contributed by atoms with Crippen LogP contribution in [0.3, 0.4) is 0 Å². The van der Waals surface area contributed by atoms with Gasteiger partial charge in [0.15, 0.2) is 0 Å². The lowest BCUT2D eigenvalue weighted by molar-refractivity contribution is -0.0113. The average Bonchev–Trinajstić information content (AvgIpc) is 3.02. The molecule has 3 rings (SSSR count). The predicted molar refractivity (Wildman–Crippen MR) is 97.5 cm³/mol. The summed E-state index contributed by atoms with van der Waals surface area (Å²) in [5.74, 6) is 0.515. The molecule has 1 atom stereocenters. The molecule has 1 N–H and O–H groups in total. The highest BCUT2D eigenvalue weighted by atomic mass is 16.5. The average molecular weight is 342 g/mol. The number of hydrogen-bond acceptors (Lipinski definition) is 3. The SMILES string of the molecule is CC(C)Cn1cc(NC(=O)N2CCOC(Cc3ccccc3)C2)cn1. The normalized spacial score (nSPS) is 17.7. The summed E-state index contributed by atoms with van der Waals surface area (Å²) in [7, 11) is 0. The second kappa shape index (κ2) is 8.16. The van der Waals surface area contributed by atoms with Crippen LogP contribution in [0.15, 0.2) is 42.7 Å². The number of hydrogen-bond donors (Lipinski definition) is 1. The minimum Gasteiger partial charge on any atom is -0.374 e. The second-order valence-corrected chi connectivity index (χ2v) is 6.90. The Morgan fingerprint density at radius 1 is 1.36 bits per heavy atom. The summed E-state index contributed by atoms with van der Waals surface area (Å²) >= 11 is 0. The van der Waals surface area contributed by atoms with Crippen molar-refractivity contribution in [1.82, 2.24) is 14.7 Å². The molecule has 6 heteroatoms. The fraction of sp³-hybridized carbons (Fsp3) is 0.474. The summed E-state index contributed by atoms with van der Waals surface area (Å²) in [6, 6.07) is 10.1. The predicted octanol–water partition coefficient (Wildman–Crippen LogP) is 3.01. The summed E-state index contributed by atoms with van der Waals surface area (Å²) in [5, 5.41) is 7.22. The van der Waals surface area contributed by atoms with Crippen LogP contribution in [0, 0.1) is 5.92 Å². The molecule has 0 saturated carbocycles. The number of urea groups is 1. The van der Waals surface area contributed by atoms with Gasteiger partial charge in [-0.25, -0.2) is 4.79 Å². The Labute approximate surface area is 148 Å². The van der Waals surface area contributed by atoms with Crippen LogP contribution >= 0.6 is 0 Å². The zero-order valence-corrected chi connectivity index (χ0v) is 14.9. The van der Waals surface area contributed by atoms with E-state index < -0.39 is 0 Å². The smallest absolute Gasteiger partial charge is 0.322 e. The monoisotopic (exact) mass is 342 g/mol. The molecule has 134 valence electrons. The van der Waals surface area contributed by atoms with E-state index >= 15 is 0 Å². The van der Waals surface area contributed by atoms with E-state index in [1.807, 2.05) is 34.0 Å². The Bertz CT molecular complexity index is 684. The van der Waals surface area contributed by atoms with Gasteiger partial charge in [-0.2, -0.15) is 5.10 Å². The molecule has 1 saturated heterocycles. The number of amides is 2. The molecule has 0 radical (unpaired) electrons. The van der Waals surface area contributed by atoms with Crippen molar-refractivity contribution in [2.24, 2.45) is 5.92 Å². The van der Waals surface area contributed by atoms with Gasteiger partial charge in [0.1, 0.15) is 0 Å². The zero-order chi connectivity index (χ0) is 17.6. The van der Waals surface area contributed by atoms with E-state index in [1.54, 1.807) is 6.20 Å². The summed E-state index contributed by atoms with van der Waals surface area (Å²) in [6.45, 7) is 6.89. The molecule has 0 bridgehead atoms. The maximum atomic E-state index is 12.5. The number of ether oxygens (including phenoxy) is 1. The molecular weight excluding hydrogens is 316 g/mol. The number of anilines is 1. The van der Waals surface area contributed by atoms with E-state index in [9.17, 15) is 4.79 Å². The molecule has 0 aliphatic carbocycles. The molecule has 6 nitrogen and oxygen atoms in total. The van der Waals surface area contributed by atoms with E-state index in [-0.39, 0.29) is 12.1 Å². The van der Waals surface area contributed by atoms with Crippen LogP contribution in [0.4, 0.5) is 10.5 Å². The van der Waals surface area contributed by atoms with Crippen molar-refractivity contribution in [2.75, 3.05) is 25.0 Å². The number of carbonyl (C=O) groups is 1. The largest absolute Gasteiger partial charge is 0.374 e. The quantitative estimate of drug-likeness (QED) is 0.909. The molecular formula is C19H26N4O2. The Morgan fingerprint density at radius 3 is 2.92 bits per heavy atom. The maximum Gasteiger partial charge on any atom is 0.322 e. The summed E-state index contributed by atoms with van der Waals surface area (Å²) < 4.78 is 7.68. The molecule has 0 spiro atoms. The van der Waals surface area contributed by atoms with Crippen molar-refractivity contribution < 1.29 is 9.53 Å². The van der Waals surface area contributed by atoms with Crippen molar-refractivity contribution in [3.8, 4) is 0 Å². The van der Waals surface area contributed by atoms with E-state index in [1.165, 1.54) is 5.56 Å². The lowest BCUT2D eigenvalue weighted by Gasteiger charge is -2.33. The Hall–Kier alpha value is -2.34. The minimum atomic E-state index is -0.0922. The van der Waals surface area contributed by atoms with E-state index in [2.05, 4.69) is 36.4 Å². The molecule has 1 unspecified atom stereocenters. The first kappa shape index (κ1) is 17.5. The van der Waals surface area contributed by atoms with Crippen molar-refractivity contribution in [1.29, 1.82) is 0 Å². The first-order valence-electron chi connectivity index (χ1n) is 8.84. The third-order valence-electron chi connectivity index (χ3n) is 4.17. The molecule has 25 heavy (non-hydrogen) atoms.